The highest BCUT2D eigenvalue weighted by Crippen LogP contribution is 2.30. The first-order chi connectivity index (χ1) is 8.92. The second kappa shape index (κ2) is 5.21. The van der Waals surface area contributed by atoms with Crippen LogP contribution >= 0.6 is 0 Å². The number of rotatable bonds is 5. The van der Waals surface area contributed by atoms with Crippen molar-refractivity contribution in [3.05, 3.63) is 29.3 Å². The van der Waals surface area contributed by atoms with E-state index in [9.17, 15) is 4.79 Å². The molecule has 1 heterocycles. The molecule has 1 fully saturated rings. The second-order valence-electron chi connectivity index (χ2n) is 5.64. The van der Waals surface area contributed by atoms with Crippen molar-refractivity contribution in [1.82, 2.24) is 5.32 Å². The van der Waals surface area contributed by atoms with Gasteiger partial charge < -0.3 is 15.2 Å². The molecule has 0 radical (unpaired) electrons. The Morgan fingerprint density at radius 1 is 1.47 bits per heavy atom. The molecule has 1 aliphatic rings. The van der Waals surface area contributed by atoms with Crippen LogP contribution in [0, 0.1) is 6.92 Å². The first kappa shape index (κ1) is 13.9. The summed E-state index contributed by atoms with van der Waals surface area (Å²) in [6.07, 6.45) is 0.0331. The Morgan fingerprint density at radius 3 is 2.63 bits per heavy atom. The maximum absolute atomic E-state index is 11.0. The predicted octanol–water partition coefficient (Wildman–Crippen LogP) is 2.31. The quantitative estimate of drug-likeness (QED) is 0.856. The van der Waals surface area contributed by atoms with E-state index in [1.54, 1.807) is 0 Å². The van der Waals surface area contributed by atoms with Gasteiger partial charge in [0.25, 0.3) is 0 Å². The van der Waals surface area contributed by atoms with Gasteiger partial charge in [0.15, 0.2) is 0 Å². The molecule has 0 saturated carbocycles. The van der Waals surface area contributed by atoms with Crippen LogP contribution in [0.25, 0.3) is 0 Å². The molecule has 0 aliphatic carbocycles. The minimum Gasteiger partial charge on any atom is -0.484 e. The van der Waals surface area contributed by atoms with Crippen LogP contribution < -0.4 is 10.1 Å². The van der Waals surface area contributed by atoms with E-state index in [4.69, 9.17) is 9.84 Å². The lowest BCUT2D eigenvalue weighted by Crippen LogP contribution is -2.64. The molecule has 4 heteroatoms. The molecule has 1 aliphatic heterocycles. The SMILES string of the molecule is Cc1ccc(C(C)C)cc1OC1(CC(=O)O)CNC1. The van der Waals surface area contributed by atoms with E-state index in [0.717, 1.165) is 11.3 Å². The van der Waals surface area contributed by atoms with Crippen molar-refractivity contribution >= 4 is 5.97 Å². The van der Waals surface area contributed by atoms with Gasteiger partial charge >= 0.3 is 5.97 Å². The fourth-order valence-electron chi connectivity index (χ4n) is 2.23. The lowest BCUT2D eigenvalue weighted by atomic mass is 9.92. The number of aliphatic carboxylic acids is 1. The van der Waals surface area contributed by atoms with E-state index in [2.05, 4.69) is 25.2 Å². The second-order valence-corrected chi connectivity index (χ2v) is 5.64. The number of carboxylic acid groups (broad SMARTS) is 1. The standard InChI is InChI=1S/C15H21NO3/c1-10(2)12-5-4-11(3)13(6-12)19-15(7-14(17)18)8-16-9-15/h4-6,10,16H,7-9H2,1-3H3,(H,17,18). The minimum atomic E-state index is -0.820. The summed E-state index contributed by atoms with van der Waals surface area (Å²) in [7, 11) is 0. The fraction of sp³-hybridized carbons (Fsp3) is 0.533. The van der Waals surface area contributed by atoms with Gasteiger partial charge in [0.1, 0.15) is 11.4 Å². The molecule has 0 spiro atoms. The molecule has 1 saturated heterocycles. The van der Waals surface area contributed by atoms with E-state index < -0.39 is 11.6 Å². The zero-order chi connectivity index (χ0) is 14.0. The lowest BCUT2D eigenvalue weighted by Gasteiger charge is -2.42. The van der Waals surface area contributed by atoms with Gasteiger partial charge in [-0.25, -0.2) is 0 Å². The monoisotopic (exact) mass is 263 g/mol. The van der Waals surface area contributed by atoms with Crippen molar-refractivity contribution in [2.45, 2.75) is 38.7 Å². The molecule has 0 unspecified atom stereocenters. The predicted molar refractivity (Wildman–Crippen MR) is 73.7 cm³/mol. The summed E-state index contributed by atoms with van der Waals surface area (Å²) in [4.78, 5) is 11.0. The Hall–Kier alpha value is -1.55. The Kier molecular flexibility index (Phi) is 3.80. The zero-order valence-electron chi connectivity index (χ0n) is 11.7. The largest absolute Gasteiger partial charge is 0.484 e. The van der Waals surface area contributed by atoms with E-state index in [0.29, 0.717) is 19.0 Å². The van der Waals surface area contributed by atoms with E-state index in [-0.39, 0.29) is 6.42 Å². The van der Waals surface area contributed by atoms with Gasteiger partial charge in [0.05, 0.1) is 6.42 Å². The molecule has 0 atom stereocenters. The Labute approximate surface area is 113 Å². The van der Waals surface area contributed by atoms with Crippen LogP contribution in [0.15, 0.2) is 18.2 Å². The lowest BCUT2D eigenvalue weighted by molar-refractivity contribution is -0.143. The molecule has 0 bridgehead atoms. The van der Waals surface area contributed by atoms with Crippen molar-refractivity contribution in [2.75, 3.05) is 13.1 Å². The summed E-state index contributed by atoms with van der Waals surface area (Å²) in [5, 5.41) is 12.1. The van der Waals surface area contributed by atoms with Gasteiger partial charge in [-0.1, -0.05) is 26.0 Å². The van der Waals surface area contributed by atoms with Crippen LogP contribution in [0.1, 0.15) is 37.3 Å². The molecule has 1 aromatic rings. The number of benzene rings is 1. The van der Waals surface area contributed by atoms with Gasteiger partial charge in [-0.05, 0) is 30.0 Å². The topological polar surface area (TPSA) is 58.6 Å². The normalized spacial score (nSPS) is 17.1. The minimum absolute atomic E-state index is 0.0331. The van der Waals surface area contributed by atoms with Gasteiger partial charge in [-0.3, -0.25) is 4.79 Å². The molecule has 19 heavy (non-hydrogen) atoms. The van der Waals surface area contributed by atoms with Crippen LogP contribution in [-0.4, -0.2) is 29.8 Å². The molecule has 0 amide bonds. The molecule has 4 nitrogen and oxygen atoms in total. The first-order valence-electron chi connectivity index (χ1n) is 6.64. The number of carbonyl (C=O) groups is 1. The average Bonchev–Trinajstić information content (AvgIpc) is 2.28. The summed E-state index contributed by atoms with van der Waals surface area (Å²) in [6.45, 7) is 7.42. The summed E-state index contributed by atoms with van der Waals surface area (Å²) in [6, 6.07) is 6.16. The molecular formula is C15H21NO3. The Morgan fingerprint density at radius 2 is 2.16 bits per heavy atom. The zero-order valence-corrected chi connectivity index (χ0v) is 11.7. The molecule has 104 valence electrons. The van der Waals surface area contributed by atoms with E-state index in [1.807, 2.05) is 19.1 Å². The molecular weight excluding hydrogens is 242 g/mol. The number of hydrogen-bond donors (Lipinski definition) is 2. The average molecular weight is 263 g/mol. The smallest absolute Gasteiger partial charge is 0.307 e. The van der Waals surface area contributed by atoms with Gasteiger partial charge in [0.2, 0.25) is 0 Å². The van der Waals surface area contributed by atoms with Crippen LogP contribution in [0.2, 0.25) is 0 Å². The highest BCUT2D eigenvalue weighted by atomic mass is 16.5. The van der Waals surface area contributed by atoms with Gasteiger partial charge in [-0.15, -0.1) is 0 Å². The van der Waals surface area contributed by atoms with Crippen LogP contribution in [0.5, 0.6) is 5.75 Å². The van der Waals surface area contributed by atoms with Crippen molar-refractivity contribution < 1.29 is 14.6 Å². The third-order valence-electron chi connectivity index (χ3n) is 3.57. The van der Waals surface area contributed by atoms with Crippen molar-refractivity contribution in [3.63, 3.8) is 0 Å². The van der Waals surface area contributed by atoms with E-state index in [1.165, 1.54) is 5.56 Å². The van der Waals surface area contributed by atoms with Gasteiger partial charge in [-0.2, -0.15) is 0 Å². The summed E-state index contributed by atoms with van der Waals surface area (Å²) >= 11 is 0. The number of ether oxygens (including phenoxy) is 1. The number of aryl methyl sites for hydroxylation is 1. The van der Waals surface area contributed by atoms with Crippen molar-refractivity contribution in [1.29, 1.82) is 0 Å². The number of nitrogens with one attached hydrogen (secondary N) is 1. The highest BCUT2D eigenvalue weighted by molar-refractivity contribution is 5.68. The van der Waals surface area contributed by atoms with Crippen molar-refractivity contribution in [3.8, 4) is 5.75 Å². The van der Waals surface area contributed by atoms with Crippen LogP contribution in [0.3, 0.4) is 0 Å². The highest BCUT2D eigenvalue weighted by Gasteiger charge is 2.41. The molecule has 2 rings (SSSR count). The first-order valence-corrected chi connectivity index (χ1v) is 6.64. The Bertz CT molecular complexity index is 478. The third kappa shape index (κ3) is 3.07. The molecule has 1 aromatic carbocycles. The van der Waals surface area contributed by atoms with Gasteiger partial charge in [0, 0.05) is 13.1 Å². The third-order valence-corrected chi connectivity index (χ3v) is 3.57. The maximum atomic E-state index is 11.0. The Balaban J connectivity index is 2.21. The number of hydrogen-bond acceptors (Lipinski definition) is 3. The summed E-state index contributed by atoms with van der Waals surface area (Å²) < 4.78 is 6.03. The van der Waals surface area contributed by atoms with Crippen molar-refractivity contribution in [2.24, 2.45) is 0 Å². The fourth-order valence-corrected chi connectivity index (χ4v) is 2.23. The van der Waals surface area contributed by atoms with Crippen LogP contribution in [-0.2, 0) is 4.79 Å². The van der Waals surface area contributed by atoms with Crippen LogP contribution in [0.4, 0.5) is 0 Å². The maximum Gasteiger partial charge on any atom is 0.307 e. The summed E-state index contributed by atoms with van der Waals surface area (Å²) in [5.41, 5.74) is 1.66. The number of carboxylic acids is 1. The molecule has 2 N–H and O–H groups in total. The summed E-state index contributed by atoms with van der Waals surface area (Å²) in [5.74, 6) is 0.408. The van der Waals surface area contributed by atoms with E-state index >= 15 is 0 Å². The molecule has 0 aromatic heterocycles.